The highest BCUT2D eigenvalue weighted by Gasteiger charge is 2.58. The molecule has 1 aromatic rings. The van der Waals surface area contributed by atoms with Gasteiger partial charge in [0.2, 0.25) is 5.91 Å². The molecule has 2 N–H and O–H groups in total. The number of carbonyl (C=O) groups is 1. The van der Waals surface area contributed by atoms with Gasteiger partial charge in [0.1, 0.15) is 0 Å². The van der Waals surface area contributed by atoms with Gasteiger partial charge < -0.3 is 15.4 Å². The summed E-state index contributed by atoms with van der Waals surface area (Å²) in [7, 11) is 0. The zero-order chi connectivity index (χ0) is 13.6. The molecule has 4 heteroatoms. The molecule has 2 aliphatic heterocycles. The van der Waals surface area contributed by atoms with Crippen LogP contribution in [0, 0.1) is 5.92 Å². The van der Waals surface area contributed by atoms with Crippen molar-refractivity contribution in [3.8, 4) is 0 Å². The zero-order valence-electron chi connectivity index (χ0n) is 11.4. The second kappa shape index (κ2) is 4.32. The number of benzene rings is 1. The van der Waals surface area contributed by atoms with Gasteiger partial charge in [0.05, 0.1) is 18.7 Å². The maximum absolute atomic E-state index is 12.4. The summed E-state index contributed by atoms with van der Waals surface area (Å²) in [5.41, 5.74) is 6.36. The Kier molecular flexibility index (Phi) is 2.87. The van der Waals surface area contributed by atoms with Crippen LogP contribution < -0.4 is 5.73 Å². The molecule has 2 aliphatic rings. The van der Waals surface area contributed by atoms with Crippen molar-refractivity contribution in [3.05, 3.63) is 35.9 Å². The molecule has 0 radical (unpaired) electrons. The minimum atomic E-state index is -0.646. The van der Waals surface area contributed by atoms with Crippen LogP contribution in [0.15, 0.2) is 30.3 Å². The standard InChI is InChI=1S/C15H20N2O2/c1-10(2)13-9-19-15(11-6-4-3-5-7-11)8-12(16)14(18)17(13)15/h3-7,10,12-13H,8-9,16H2,1-2H3/t12?,13-,15+/m1/s1. The topological polar surface area (TPSA) is 55.6 Å². The van der Waals surface area contributed by atoms with E-state index in [-0.39, 0.29) is 11.9 Å². The predicted octanol–water partition coefficient (Wildman–Crippen LogP) is 1.45. The van der Waals surface area contributed by atoms with E-state index in [0.29, 0.717) is 18.9 Å². The molecule has 1 aromatic carbocycles. The van der Waals surface area contributed by atoms with Crippen LogP contribution in [0.5, 0.6) is 0 Å². The summed E-state index contributed by atoms with van der Waals surface area (Å²) in [6.45, 7) is 4.82. The van der Waals surface area contributed by atoms with E-state index in [0.717, 1.165) is 5.56 Å². The molecule has 102 valence electrons. The van der Waals surface area contributed by atoms with Gasteiger partial charge in [-0.1, -0.05) is 44.2 Å². The van der Waals surface area contributed by atoms with E-state index < -0.39 is 11.8 Å². The number of hydrogen-bond donors (Lipinski definition) is 1. The highest BCUT2D eigenvalue weighted by molar-refractivity contribution is 5.86. The Morgan fingerprint density at radius 1 is 1.37 bits per heavy atom. The van der Waals surface area contributed by atoms with Crippen molar-refractivity contribution in [2.45, 2.75) is 38.1 Å². The van der Waals surface area contributed by atoms with Crippen molar-refractivity contribution in [1.82, 2.24) is 4.90 Å². The number of rotatable bonds is 2. The monoisotopic (exact) mass is 260 g/mol. The molecular weight excluding hydrogens is 240 g/mol. The van der Waals surface area contributed by atoms with Crippen molar-refractivity contribution in [2.75, 3.05) is 6.61 Å². The summed E-state index contributed by atoms with van der Waals surface area (Å²) in [4.78, 5) is 14.3. The average Bonchev–Trinajstić information content (AvgIpc) is 2.89. The molecule has 0 aliphatic carbocycles. The van der Waals surface area contributed by atoms with Crippen LogP contribution in [-0.2, 0) is 15.3 Å². The lowest BCUT2D eigenvalue weighted by Crippen LogP contribution is -2.46. The van der Waals surface area contributed by atoms with Gasteiger partial charge >= 0.3 is 0 Å². The van der Waals surface area contributed by atoms with Crippen LogP contribution in [0.3, 0.4) is 0 Å². The molecule has 0 bridgehead atoms. The average molecular weight is 260 g/mol. The van der Waals surface area contributed by atoms with E-state index in [1.165, 1.54) is 0 Å². The summed E-state index contributed by atoms with van der Waals surface area (Å²) in [5.74, 6) is 0.375. The fourth-order valence-corrected chi connectivity index (χ4v) is 3.23. The normalized spacial score (nSPS) is 34.1. The van der Waals surface area contributed by atoms with E-state index in [9.17, 15) is 4.79 Å². The summed E-state index contributed by atoms with van der Waals surface area (Å²) < 4.78 is 6.09. The quantitative estimate of drug-likeness (QED) is 0.875. The van der Waals surface area contributed by atoms with E-state index in [1.807, 2.05) is 35.2 Å². The first-order valence-corrected chi connectivity index (χ1v) is 6.84. The highest BCUT2D eigenvalue weighted by atomic mass is 16.5. The Morgan fingerprint density at radius 2 is 2.05 bits per heavy atom. The largest absolute Gasteiger partial charge is 0.349 e. The maximum atomic E-state index is 12.4. The van der Waals surface area contributed by atoms with E-state index in [4.69, 9.17) is 10.5 Å². The van der Waals surface area contributed by atoms with Gasteiger partial charge in [0, 0.05) is 12.0 Å². The number of ether oxygens (including phenoxy) is 1. The molecule has 19 heavy (non-hydrogen) atoms. The first kappa shape index (κ1) is 12.6. The second-order valence-corrected chi connectivity index (χ2v) is 5.79. The minimum absolute atomic E-state index is 0.0139. The molecule has 0 spiro atoms. The minimum Gasteiger partial charge on any atom is -0.349 e. The molecule has 1 amide bonds. The third-order valence-electron chi connectivity index (χ3n) is 4.26. The number of nitrogens with zero attached hydrogens (tertiary/aromatic N) is 1. The summed E-state index contributed by atoms with van der Waals surface area (Å²) in [6.07, 6.45) is 0.541. The van der Waals surface area contributed by atoms with Crippen molar-refractivity contribution in [1.29, 1.82) is 0 Å². The van der Waals surface area contributed by atoms with Gasteiger partial charge in [-0.15, -0.1) is 0 Å². The Hall–Kier alpha value is -1.39. The van der Waals surface area contributed by atoms with Gasteiger partial charge in [-0.3, -0.25) is 4.79 Å². The zero-order valence-corrected chi connectivity index (χ0v) is 11.4. The van der Waals surface area contributed by atoms with Gasteiger partial charge in [-0.25, -0.2) is 0 Å². The van der Waals surface area contributed by atoms with Crippen LogP contribution in [0.4, 0.5) is 0 Å². The van der Waals surface area contributed by atoms with Gasteiger partial charge in [0.25, 0.3) is 0 Å². The molecule has 2 fully saturated rings. The fraction of sp³-hybridized carbons (Fsp3) is 0.533. The molecular formula is C15H20N2O2. The van der Waals surface area contributed by atoms with Gasteiger partial charge in [-0.2, -0.15) is 0 Å². The Morgan fingerprint density at radius 3 is 2.68 bits per heavy atom. The van der Waals surface area contributed by atoms with Crippen molar-refractivity contribution < 1.29 is 9.53 Å². The molecule has 2 heterocycles. The van der Waals surface area contributed by atoms with Crippen molar-refractivity contribution in [2.24, 2.45) is 11.7 Å². The van der Waals surface area contributed by atoms with Crippen LogP contribution in [0.2, 0.25) is 0 Å². The van der Waals surface area contributed by atoms with Crippen molar-refractivity contribution >= 4 is 5.91 Å². The first-order valence-electron chi connectivity index (χ1n) is 6.84. The Balaban J connectivity index is 2.07. The van der Waals surface area contributed by atoms with Gasteiger partial charge in [-0.05, 0) is 5.92 Å². The Labute approximate surface area is 113 Å². The number of nitrogens with two attached hydrogens (primary N) is 1. The van der Waals surface area contributed by atoms with Crippen LogP contribution in [0.1, 0.15) is 25.8 Å². The maximum Gasteiger partial charge on any atom is 0.242 e. The lowest BCUT2D eigenvalue weighted by molar-refractivity contribution is -0.141. The highest BCUT2D eigenvalue weighted by Crippen LogP contribution is 2.47. The smallest absolute Gasteiger partial charge is 0.242 e. The van der Waals surface area contributed by atoms with Crippen molar-refractivity contribution in [3.63, 3.8) is 0 Å². The third kappa shape index (κ3) is 1.70. The number of fused-ring (bicyclic) bond motifs is 1. The fourth-order valence-electron chi connectivity index (χ4n) is 3.23. The van der Waals surface area contributed by atoms with Crippen LogP contribution >= 0.6 is 0 Å². The van der Waals surface area contributed by atoms with E-state index >= 15 is 0 Å². The molecule has 0 aromatic heterocycles. The molecule has 2 saturated heterocycles. The SMILES string of the molecule is CC(C)[C@H]1CO[C@]2(c3ccccc3)CC(N)C(=O)N12. The number of hydrogen-bond acceptors (Lipinski definition) is 3. The van der Waals surface area contributed by atoms with E-state index in [2.05, 4.69) is 13.8 Å². The molecule has 0 saturated carbocycles. The van der Waals surface area contributed by atoms with Crippen LogP contribution in [-0.4, -0.2) is 29.5 Å². The third-order valence-corrected chi connectivity index (χ3v) is 4.26. The lowest BCUT2D eigenvalue weighted by atomic mass is 9.98. The van der Waals surface area contributed by atoms with Gasteiger partial charge in [0.15, 0.2) is 5.72 Å². The molecule has 3 rings (SSSR count). The number of amides is 1. The Bertz CT molecular complexity index is 488. The number of carbonyl (C=O) groups excluding carboxylic acids is 1. The predicted molar refractivity (Wildman–Crippen MR) is 72.1 cm³/mol. The molecule has 1 unspecified atom stereocenters. The first-order chi connectivity index (χ1) is 9.06. The summed E-state index contributed by atoms with van der Waals surface area (Å²) in [6, 6.07) is 9.60. The molecule has 4 nitrogen and oxygen atoms in total. The lowest BCUT2D eigenvalue weighted by Gasteiger charge is -2.34. The molecule has 3 atom stereocenters. The van der Waals surface area contributed by atoms with Crippen LogP contribution in [0.25, 0.3) is 0 Å². The summed E-state index contributed by atoms with van der Waals surface area (Å²) in [5, 5.41) is 0. The second-order valence-electron chi connectivity index (χ2n) is 5.79. The summed E-state index contributed by atoms with van der Waals surface area (Å²) >= 11 is 0. The van der Waals surface area contributed by atoms with E-state index in [1.54, 1.807) is 0 Å².